The Hall–Kier alpha value is -3.06. The first-order chi connectivity index (χ1) is 12.2. The highest BCUT2D eigenvalue weighted by molar-refractivity contribution is 5.94. The van der Waals surface area contributed by atoms with Gasteiger partial charge in [-0.3, -0.25) is 14.3 Å². The first-order valence-corrected chi connectivity index (χ1v) is 7.83. The van der Waals surface area contributed by atoms with Crippen LogP contribution < -0.4 is 0 Å². The number of hydrogen-bond acceptors (Lipinski definition) is 5. The van der Waals surface area contributed by atoms with Crippen molar-refractivity contribution in [2.75, 3.05) is 20.8 Å². The Balaban J connectivity index is 1.80. The van der Waals surface area contributed by atoms with Crippen molar-refractivity contribution in [1.29, 1.82) is 0 Å². The van der Waals surface area contributed by atoms with E-state index in [1.807, 2.05) is 30.3 Å². The van der Waals surface area contributed by atoms with Gasteiger partial charge < -0.3 is 9.64 Å². The summed E-state index contributed by atoms with van der Waals surface area (Å²) in [6.45, 7) is 0.373. The zero-order valence-corrected chi connectivity index (χ0v) is 14.1. The fourth-order valence-electron chi connectivity index (χ4n) is 2.58. The molecule has 3 rings (SSSR count). The molecule has 1 amide bonds. The molecule has 0 radical (unpaired) electrons. The SMILES string of the molecule is COC[C@H](c1ccccn1)N(C)C(=O)c1ccc(-n2cnnc2)cc1. The molecule has 0 saturated carbocycles. The fourth-order valence-corrected chi connectivity index (χ4v) is 2.58. The largest absolute Gasteiger partial charge is 0.382 e. The maximum atomic E-state index is 12.8. The Morgan fingerprint density at radius 1 is 1.16 bits per heavy atom. The minimum atomic E-state index is -0.253. The molecule has 0 fully saturated rings. The number of amides is 1. The van der Waals surface area contributed by atoms with Gasteiger partial charge in [0, 0.05) is 31.6 Å². The quantitative estimate of drug-likeness (QED) is 0.689. The summed E-state index contributed by atoms with van der Waals surface area (Å²) in [5.41, 5.74) is 2.28. The summed E-state index contributed by atoms with van der Waals surface area (Å²) in [7, 11) is 3.37. The maximum Gasteiger partial charge on any atom is 0.254 e. The molecule has 0 saturated heterocycles. The topological polar surface area (TPSA) is 73.1 Å². The highest BCUT2D eigenvalue weighted by Gasteiger charge is 2.23. The van der Waals surface area contributed by atoms with E-state index in [0.29, 0.717) is 12.2 Å². The molecule has 1 atom stereocenters. The van der Waals surface area contributed by atoms with Gasteiger partial charge in [-0.1, -0.05) is 6.07 Å². The third-order valence-electron chi connectivity index (χ3n) is 3.97. The summed E-state index contributed by atoms with van der Waals surface area (Å²) in [6, 6.07) is 12.7. The van der Waals surface area contributed by atoms with Crippen LogP contribution in [0.5, 0.6) is 0 Å². The number of aromatic nitrogens is 4. The Labute approximate surface area is 145 Å². The number of likely N-dealkylation sites (N-methyl/N-ethyl adjacent to an activating group) is 1. The number of ether oxygens (including phenoxy) is 1. The predicted octanol–water partition coefficient (Wildman–Crippen LogP) is 2.12. The lowest BCUT2D eigenvalue weighted by molar-refractivity contribution is 0.0595. The summed E-state index contributed by atoms with van der Waals surface area (Å²) in [5.74, 6) is -0.0944. The van der Waals surface area contributed by atoms with Crippen LogP contribution >= 0.6 is 0 Å². The Bertz CT molecular complexity index is 803. The van der Waals surface area contributed by atoms with Crippen molar-refractivity contribution in [3.05, 3.63) is 72.6 Å². The Kier molecular flexibility index (Phi) is 5.15. The number of carbonyl (C=O) groups excluding carboxylic acids is 1. The van der Waals surface area contributed by atoms with E-state index in [1.54, 1.807) is 54.6 Å². The molecule has 3 aromatic rings. The fraction of sp³-hybridized carbons (Fsp3) is 0.222. The number of hydrogen-bond donors (Lipinski definition) is 0. The second kappa shape index (κ2) is 7.67. The van der Waals surface area contributed by atoms with Crippen molar-refractivity contribution in [1.82, 2.24) is 24.6 Å². The van der Waals surface area contributed by atoms with Crippen molar-refractivity contribution in [3.63, 3.8) is 0 Å². The lowest BCUT2D eigenvalue weighted by Crippen LogP contribution is -2.34. The van der Waals surface area contributed by atoms with Crippen molar-refractivity contribution < 1.29 is 9.53 Å². The van der Waals surface area contributed by atoms with Gasteiger partial charge in [-0.25, -0.2) is 0 Å². The standard InChI is InChI=1S/C18H19N5O2/c1-22(17(11-25-2)16-5-3-4-10-19-16)18(24)14-6-8-15(9-7-14)23-12-20-21-13-23/h3-10,12-13,17H,11H2,1-2H3/t17-/m1/s1. The highest BCUT2D eigenvalue weighted by atomic mass is 16.5. The van der Waals surface area contributed by atoms with Gasteiger partial charge in [0.2, 0.25) is 0 Å². The highest BCUT2D eigenvalue weighted by Crippen LogP contribution is 2.20. The van der Waals surface area contributed by atoms with Gasteiger partial charge in [0.25, 0.3) is 5.91 Å². The van der Waals surface area contributed by atoms with Crippen LogP contribution in [-0.2, 0) is 4.74 Å². The molecule has 1 aromatic carbocycles. The van der Waals surface area contributed by atoms with E-state index >= 15 is 0 Å². The van der Waals surface area contributed by atoms with Crippen LogP contribution in [0.1, 0.15) is 22.1 Å². The molecule has 25 heavy (non-hydrogen) atoms. The molecule has 0 unspecified atom stereocenters. The van der Waals surface area contributed by atoms with Crippen molar-refractivity contribution >= 4 is 5.91 Å². The summed E-state index contributed by atoms with van der Waals surface area (Å²) in [4.78, 5) is 18.8. The monoisotopic (exact) mass is 337 g/mol. The molecule has 128 valence electrons. The van der Waals surface area contributed by atoms with Crippen molar-refractivity contribution in [2.24, 2.45) is 0 Å². The van der Waals surface area contributed by atoms with E-state index in [-0.39, 0.29) is 11.9 Å². The molecular weight excluding hydrogens is 318 g/mol. The van der Waals surface area contributed by atoms with Crippen LogP contribution in [-0.4, -0.2) is 51.3 Å². The zero-order chi connectivity index (χ0) is 17.6. The van der Waals surface area contributed by atoms with Crippen LogP contribution in [0.25, 0.3) is 5.69 Å². The van der Waals surface area contributed by atoms with Crippen LogP contribution in [0.4, 0.5) is 0 Å². The maximum absolute atomic E-state index is 12.8. The molecule has 0 aliphatic carbocycles. The van der Waals surface area contributed by atoms with Gasteiger partial charge in [-0.05, 0) is 36.4 Å². The molecule has 0 aliphatic heterocycles. The summed E-state index contributed by atoms with van der Waals surface area (Å²) in [6.07, 6.45) is 4.93. The zero-order valence-electron chi connectivity index (χ0n) is 14.1. The minimum Gasteiger partial charge on any atom is -0.382 e. The molecule has 0 N–H and O–H groups in total. The van der Waals surface area contributed by atoms with Crippen LogP contribution in [0.3, 0.4) is 0 Å². The van der Waals surface area contributed by atoms with Gasteiger partial charge >= 0.3 is 0 Å². The van der Waals surface area contributed by atoms with E-state index in [1.165, 1.54) is 0 Å². The van der Waals surface area contributed by atoms with E-state index in [0.717, 1.165) is 11.4 Å². The van der Waals surface area contributed by atoms with Crippen LogP contribution in [0, 0.1) is 0 Å². The lowest BCUT2D eigenvalue weighted by Gasteiger charge is -2.27. The van der Waals surface area contributed by atoms with E-state index < -0.39 is 0 Å². The minimum absolute atomic E-state index is 0.0944. The molecule has 2 heterocycles. The molecular formula is C18H19N5O2. The number of rotatable bonds is 6. The average Bonchev–Trinajstić information content (AvgIpc) is 3.20. The van der Waals surface area contributed by atoms with Gasteiger partial charge in [0.05, 0.1) is 18.3 Å². The molecule has 7 heteroatoms. The third kappa shape index (κ3) is 3.72. The molecule has 0 aliphatic rings. The lowest BCUT2D eigenvalue weighted by atomic mass is 10.1. The molecule has 0 spiro atoms. The summed E-state index contributed by atoms with van der Waals surface area (Å²) < 4.78 is 7.06. The van der Waals surface area contributed by atoms with E-state index in [2.05, 4.69) is 15.2 Å². The van der Waals surface area contributed by atoms with Gasteiger partial charge in [-0.15, -0.1) is 10.2 Å². The van der Waals surface area contributed by atoms with E-state index in [4.69, 9.17) is 4.74 Å². The predicted molar refractivity (Wildman–Crippen MR) is 92.3 cm³/mol. The number of carbonyl (C=O) groups is 1. The molecule has 2 aromatic heterocycles. The van der Waals surface area contributed by atoms with Crippen LogP contribution in [0.15, 0.2) is 61.3 Å². The first kappa shape index (κ1) is 16.8. The third-order valence-corrected chi connectivity index (χ3v) is 3.97. The smallest absolute Gasteiger partial charge is 0.254 e. The molecule has 0 bridgehead atoms. The van der Waals surface area contributed by atoms with Crippen molar-refractivity contribution in [2.45, 2.75) is 6.04 Å². The second-order valence-electron chi connectivity index (χ2n) is 5.56. The number of methoxy groups -OCH3 is 1. The van der Waals surface area contributed by atoms with Crippen molar-refractivity contribution in [3.8, 4) is 5.69 Å². The summed E-state index contributed by atoms with van der Waals surface area (Å²) in [5, 5.41) is 7.56. The normalized spacial score (nSPS) is 11.9. The first-order valence-electron chi connectivity index (χ1n) is 7.83. The van der Waals surface area contributed by atoms with Gasteiger partial charge in [-0.2, -0.15) is 0 Å². The van der Waals surface area contributed by atoms with Gasteiger partial charge in [0.1, 0.15) is 12.7 Å². The van der Waals surface area contributed by atoms with Crippen LogP contribution in [0.2, 0.25) is 0 Å². The Morgan fingerprint density at radius 3 is 2.48 bits per heavy atom. The summed E-state index contributed by atoms with van der Waals surface area (Å²) >= 11 is 0. The number of benzene rings is 1. The number of pyridine rings is 1. The van der Waals surface area contributed by atoms with E-state index in [9.17, 15) is 4.79 Å². The molecule has 7 nitrogen and oxygen atoms in total. The average molecular weight is 337 g/mol. The second-order valence-corrected chi connectivity index (χ2v) is 5.56. The van der Waals surface area contributed by atoms with Gasteiger partial charge in [0.15, 0.2) is 0 Å². The Morgan fingerprint density at radius 2 is 1.88 bits per heavy atom. The number of nitrogens with zero attached hydrogens (tertiary/aromatic N) is 5.